The van der Waals surface area contributed by atoms with Crippen molar-refractivity contribution in [3.63, 3.8) is 0 Å². The van der Waals surface area contributed by atoms with Gasteiger partial charge in [-0.1, -0.05) is 24.6 Å². The molecular weight excluding hydrogens is 262 g/mol. The molecule has 4 nitrogen and oxygen atoms in total. The van der Waals surface area contributed by atoms with Gasteiger partial charge in [-0.15, -0.1) is 0 Å². The number of nitrogens with one attached hydrogen (secondary N) is 1. The van der Waals surface area contributed by atoms with E-state index in [1.165, 1.54) is 11.1 Å². The molecule has 21 heavy (non-hydrogen) atoms. The van der Waals surface area contributed by atoms with Crippen LogP contribution in [0.25, 0.3) is 11.3 Å². The van der Waals surface area contributed by atoms with Crippen molar-refractivity contribution >= 4 is 0 Å². The lowest BCUT2D eigenvalue weighted by molar-refractivity contribution is 0.600. The number of rotatable bonds is 5. The summed E-state index contributed by atoms with van der Waals surface area (Å²) in [6.45, 7) is 10.1. The maximum atomic E-state index is 12.3. The molecule has 0 aliphatic carbocycles. The predicted octanol–water partition coefficient (Wildman–Crippen LogP) is 2.66. The van der Waals surface area contributed by atoms with Gasteiger partial charge in [0.1, 0.15) is 0 Å². The summed E-state index contributed by atoms with van der Waals surface area (Å²) in [5.74, 6) is 0. The summed E-state index contributed by atoms with van der Waals surface area (Å²) in [5, 5.41) is 7.73. The first-order valence-corrected chi connectivity index (χ1v) is 7.46. The van der Waals surface area contributed by atoms with Gasteiger partial charge in [-0.05, 0) is 45.0 Å². The average Bonchev–Trinajstić information content (AvgIpc) is 2.48. The van der Waals surface area contributed by atoms with Crippen LogP contribution in [0.1, 0.15) is 30.5 Å². The van der Waals surface area contributed by atoms with Gasteiger partial charge in [-0.3, -0.25) is 4.79 Å². The Hall–Kier alpha value is -1.94. The number of benzene rings is 1. The quantitative estimate of drug-likeness (QED) is 0.918. The average molecular weight is 285 g/mol. The molecule has 2 rings (SSSR count). The van der Waals surface area contributed by atoms with Crippen molar-refractivity contribution in [3.05, 3.63) is 51.3 Å². The van der Waals surface area contributed by atoms with E-state index in [0.717, 1.165) is 23.4 Å². The van der Waals surface area contributed by atoms with Gasteiger partial charge in [0, 0.05) is 24.2 Å². The minimum atomic E-state index is -0.00694. The van der Waals surface area contributed by atoms with Gasteiger partial charge in [-0.2, -0.15) is 5.10 Å². The number of hydrogen-bond donors (Lipinski definition) is 1. The minimum Gasteiger partial charge on any atom is -0.313 e. The van der Waals surface area contributed by atoms with Crippen LogP contribution in [0.2, 0.25) is 0 Å². The SMILES string of the molecule is CCNCc1cc(-c2cc(C)ccc2C)nn(CC)c1=O. The molecule has 0 bridgehead atoms. The predicted molar refractivity (Wildman–Crippen MR) is 86.5 cm³/mol. The second kappa shape index (κ2) is 6.68. The van der Waals surface area contributed by atoms with Crippen LogP contribution >= 0.6 is 0 Å². The highest BCUT2D eigenvalue weighted by atomic mass is 16.1. The van der Waals surface area contributed by atoms with Crippen molar-refractivity contribution in [2.24, 2.45) is 0 Å². The third kappa shape index (κ3) is 3.39. The Labute approximate surface area is 125 Å². The summed E-state index contributed by atoms with van der Waals surface area (Å²) in [4.78, 5) is 12.3. The molecule has 0 fully saturated rings. The number of nitrogens with zero attached hydrogens (tertiary/aromatic N) is 2. The lowest BCUT2D eigenvalue weighted by atomic mass is 10.0. The summed E-state index contributed by atoms with van der Waals surface area (Å²) in [6.07, 6.45) is 0. The molecule has 1 N–H and O–H groups in total. The molecule has 0 aliphatic rings. The second-order valence-corrected chi connectivity index (χ2v) is 5.27. The van der Waals surface area contributed by atoms with Crippen molar-refractivity contribution in [2.45, 2.75) is 40.8 Å². The summed E-state index contributed by atoms with van der Waals surface area (Å²) in [6, 6.07) is 8.23. The zero-order valence-corrected chi connectivity index (χ0v) is 13.2. The van der Waals surface area contributed by atoms with Gasteiger partial charge in [0.15, 0.2) is 0 Å². The van der Waals surface area contributed by atoms with Crippen molar-refractivity contribution in [2.75, 3.05) is 6.54 Å². The van der Waals surface area contributed by atoms with Crippen LogP contribution in [-0.2, 0) is 13.1 Å². The number of aryl methyl sites for hydroxylation is 3. The van der Waals surface area contributed by atoms with E-state index < -0.39 is 0 Å². The molecular formula is C17H23N3O. The molecule has 0 unspecified atom stereocenters. The fourth-order valence-corrected chi connectivity index (χ4v) is 2.34. The van der Waals surface area contributed by atoms with Gasteiger partial charge in [-0.25, -0.2) is 4.68 Å². The zero-order valence-electron chi connectivity index (χ0n) is 13.2. The highest BCUT2D eigenvalue weighted by Crippen LogP contribution is 2.22. The molecule has 0 atom stereocenters. The third-order valence-electron chi connectivity index (χ3n) is 3.58. The van der Waals surface area contributed by atoms with Crippen molar-refractivity contribution in [1.82, 2.24) is 15.1 Å². The van der Waals surface area contributed by atoms with Crippen molar-refractivity contribution in [1.29, 1.82) is 0 Å². The van der Waals surface area contributed by atoms with E-state index in [-0.39, 0.29) is 5.56 Å². The van der Waals surface area contributed by atoms with E-state index in [1.54, 1.807) is 4.68 Å². The summed E-state index contributed by atoms with van der Waals surface area (Å²) in [7, 11) is 0. The maximum absolute atomic E-state index is 12.3. The van der Waals surface area contributed by atoms with E-state index in [2.05, 4.69) is 42.5 Å². The summed E-state index contributed by atoms with van der Waals surface area (Å²) in [5.41, 5.74) is 5.08. The van der Waals surface area contributed by atoms with Gasteiger partial charge >= 0.3 is 0 Å². The molecule has 1 aromatic heterocycles. The fourth-order valence-electron chi connectivity index (χ4n) is 2.34. The fraction of sp³-hybridized carbons (Fsp3) is 0.412. The molecule has 0 amide bonds. The monoisotopic (exact) mass is 285 g/mol. The van der Waals surface area contributed by atoms with Gasteiger partial charge in [0.2, 0.25) is 0 Å². The Kier molecular flexibility index (Phi) is 4.91. The van der Waals surface area contributed by atoms with Crippen LogP contribution in [-0.4, -0.2) is 16.3 Å². The molecule has 0 radical (unpaired) electrons. The van der Waals surface area contributed by atoms with Crippen LogP contribution in [0.3, 0.4) is 0 Å². The van der Waals surface area contributed by atoms with Crippen molar-refractivity contribution < 1.29 is 0 Å². The van der Waals surface area contributed by atoms with E-state index >= 15 is 0 Å². The number of aromatic nitrogens is 2. The topological polar surface area (TPSA) is 46.9 Å². The Morgan fingerprint density at radius 3 is 2.62 bits per heavy atom. The minimum absolute atomic E-state index is 0.00694. The van der Waals surface area contributed by atoms with E-state index in [0.29, 0.717) is 13.1 Å². The van der Waals surface area contributed by atoms with Crippen LogP contribution < -0.4 is 10.9 Å². The summed E-state index contributed by atoms with van der Waals surface area (Å²) >= 11 is 0. The van der Waals surface area contributed by atoms with Gasteiger partial charge in [0.25, 0.3) is 5.56 Å². The first-order chi connectivity index (χ1) is 10.1. The van der Waals surface area contributed by atoms with Gasteiger partial charge < -0.3 is 5.32 Å². The first-order valence-electron chi connectivity index (χ1n) is 7.46. The highest BCUT2D eigenvalue weighted by molar-refractivity contribution is 5.64. The summed E-state index contributed by atoms with van der Waals surface area (Å²) < 4.78 is 1.55. The van der Waals surface area contributed by atoms with Gasteiger partial charge in [0.05, 0.1) is 5.69 Å². The van der Waals surface area contributed by atoms with Crippen LogP contribution in [0.5, 0.6) is 0 Å². The lowest BCUT2D eigenvalue weighted by Gasteiger charge is -2.12. The van der Waals surface area contributed by atoms with Crippen molar-refractivity contribution in [3.8, 4) is 11.3 Å². The zero-order chi connectivity index (χ0) is 15.4. The molecule has 112 valence electrons. The largest absolute Gasteiger partial charge is 0.313 e. The van der Waals surface area contributed by atoms with Crippen LogP contribution in [0.15, 0.2) is 29.1 Å². The molecule has 0 saturated heterocycles. The molecule has 2 aromatic rings. The molecule has 0 saturated carbocycles. The Bertz CT molecular complexity index is 689. The van der Waals surface area contributed by atoms with E-state index in [4.69, 9.17) is 0 Å². The molecule has 0 aliphatic heterocycles. The van der Waals surface area contributed by atoms with Crippen LogP contribution in [0.4, 0.5) is 0 Å². The molecule has 1 aromatic carbocycles. The smallest absolute Gasteiger partial charge is 0.271 e. The van der Waals surface area contributed by atoms with Crippen LogP contribution in [0, 0.1) is 13.8 Å². The molecule has 0 spiro atoms. The lowest BCUT2D eigenvalue weighted by Crippen LogP contribution is -2.29. The first kappa shape index (κ1) is 15.4. The van der Waals surface area contributed by atoms with E-state index in [9.17, 15) is 4.79 Å². The standard InChI is InChI=1S/C17H23N3O/c1-5-18-11-14-10-16(19-20(6-2)17(14)21)15-9-12(3)7-8-13(15)4/h7-10,18H,5-6,11H2,1-4H3. The maximum Gasteiger partial charge on any atom is 0.271 e. The second-order valence-electron chi connectivity index (χ2n) is 5.27. The normalized spacial score (nSPS) is 10.9. The third-order valence-corrected chi connectivity index (χ3v) is 3.58. The Morgan fingerprint density at radius 1 is 1.19 bits per heavy atom. The molecule has 4 heteroatoms. The Balaban J connectivity index is 2.58. The van der Waals surface area contributed by atoms with E-state index in [1.807, 2.05) is 19.9 Å². The Morgan fingerprint density at radius 2 is 1.95 bits per heavy atom. The molecule has 1 heterocycles. The number of hydrogen-bond acceptors (Lipinski definition) is 3. The highest BCUT2D eigenvalue weighted by Gasteiger charge is 2.10.